The number of benzene rings is 2. The Hall–Kier alpha value is -3.46. The first-order chi connectivity index (χ1) is 16.8. The van der Waals surface area contributed by atoms with Crippen molar-refractivity contribution >= 4 is 43.6 Å². The minimum absolute atomic E-state index is 0.0783. The van der Waals surface area contributed by atoms with Crippen molar-refractivity contribution in [1.82, 2.24) is 15.0 Å². The molecular formula is C26H24N4O4S. The third-order valence-electron chi connectivity index (χ3n) is 8.74. The number of fused-ring (bicyclic) bond motifs is 8. The van der Waals surface area contributed by atoms with Gasteiger partial charge in [-0.1, -0.05) is 32.1 Å². The Morgan fingerprint density at radius 2 is 1.69 bits per heavy atom. The van der Waals surface area contributed by atoms with E-state index in [1.54, 1.807) is 7.11 Å². The summed E-state index contributed by atoms with van der Waals surface area (Å²) in [6, 6.07) is 9.46. The topological polar surface area (TPSA) is 95.5 Å². The van der Waals surface area contributed by atoms with Gasteiger partial charge >= 0.3 is 0 Å². The molecule has 2 aromatic carbocycles. The van der Waals surface area contributed by atoms with Crippen molar-refractivity contribution in [2.45, 2.75) is 44.4 Å². The number of amides is 1. The number of hydrogen-bond donors (Lipinski definition) is 1. The summed E-state index contributed by atoms with van der Waals surface area (Å²) in [5, 5.41) is 3.72. The molecule has 178 valence electrons. The fourth-order valence-electron chi connectivity index (χ4n) is 6.29. The maximum absolute atomic E-state index is 14.2. The van der Waals surface area contributed by atoms with E-state index in [1.807, 2.05) is 30.3 Å². The summed E-state index contributed by atoms with van der Waals surface area (Å²) >= 11 is 1.44. The lowest BCUT2D eigenvalue weighted by atomic mass is 9.63. The molecule has 2 aliphatic carbocycles. The predicted molar refractivity (Wildman–Crippen MR) is 133 cm³/mol. The summed E-state index contributed by atoms with van der Waals surface area (Å²) < 4.78 is 17.4. The van der Waals surface area contributed by atoms with Gasteiger partial charge in [-0.05, 0) is 36.5 Å². The zero-order valence-corrected chi connectivity index (χ0v) is 20.7. The van der Waals surface area contributed by atoms with E-state index in [-0.39, 0.29) is 23.5 Å². The van der Waals surface area contributed by atoms with Crippen LogP contribution < -0.4 is 19.5 Å². The van der Waals surface area contributed by atoms with Crippen LogP contribution in [0.2, 0.25) is 0 Å². The molecule has 3 aliphatic rings. The molecule has 2 bridgehead atoms. The lowest BCUT2D eigenvalue weighted by Crippen LogP contribution is -2.48. The van der Waals surface area contributed by atoms with Gasteiger partial charge in [0, 0.05) is 17.5 Å². The van der Waals surface area contributed by atoms with Gasteiger partial charge in [0.05, 0.1) is 45.2 Å². The highest BCUT2D eigenvalue weighted by Crippen LogP contribution is 2.70. The van der Waals surface area contributed by atoms with Gasteiger partial charge in [-0.25, -0.2) is 15.0 Å². The molecule has 0 spiro atoms. The molecule has 2 aromatic heterocycles. The Morgan fingerprint density at radius 3 is 2.40 bits per heavy atom. The van der Waals surface area contributed by atoms with Crippen LogP contribution in [-0.4, -0.2) is 34.8 Å². The highest BCUT2D eigenvalue weighted by molar-refractivity contribution is 7.22. The molecule has 1 fully saturated rings. The Kier molecular flexibility index (Phi) is 3.94. The zero-order chi connectivity index (χ0) is 24.2. The monoisotopic (exact) mass is 488 g/mol. The zero-order valence-electron chi connectivity index (χ0n) is 19.9. The van der Waals surface area contributed by atoms with E-state index in [0.717, 1.165) is 39.3 Å². The fraction of sp³-hybridized carbons (Fsp3) is 0.385. The highest BCUT2D eigenvalue weighted by Gasteiger charge is 2.73. The van der Waals surface area contributed by atoms with Crippen molar-refractivity contribution in [3.63, 3.8) is 0 Å². The van der Waals surface area contributed by atoms with Crippen LogP contribution in [0.15, 0.2) is 30.3 Å². The summed E-state index contributed by atoms with van der Waals surface area (Å²) in [4.78, 5) is 28.9. The van der Waals surface area contributed by atoms with Gasteiger partial charge in [-0.2, -0.15) is 0 Å². The van der Waals surface area contributed by atoms with Gasteiger partial charge in [0.15, 0.2) is 16.6 Å². The molecule has 0 saturated heterocycles. The first kappa shape index (κ1) is 20.9. The first-order valence-electron chi connectivity index (χ1n) is 11.7. The average molecular weight is 489 g/mol. The van der Waals surface area contributed by atoms with E-state index in [2.05, 4.69) is 31.1 Å². The van der Waals surface area contributed by atoms with Crippen molar-refractivity contribution in [2.24, 2.45) is 5.41 Å². The Balaban J connectivity index is 1.36. The van der Waals surface area contributed by atoms with Crippen LogP contribution in [-0.2, 0) is 15.6 Å². The molecular weight excluding hydrogens is 464 g/mol. The lowest BCUT2D eigenvalue weighted by Gasteiger charge is -2.39. The van der Waals surface area contributed by atoms with Gasteiger partial charge in [0.1, 0.15) is 5.75 Å². The Bertz CT molecular complexity index is 1580. The van der Waals surface area contributed by atoms with Gasteiger partial charge in [0.25, 0.3) is 0 Å². The van der Waals surface area contributed by atoms with Gasteiger partial charge < -0.3 is 19.5 Å². The van der Waals surface area contributed by atoms with E-state index in [9.17, 15) is 4.79 Å². The normalized spacial score (nSPS) is 25.3. The maximum atomic E-state index is 14.2. The number of carbonyl (C=O) groups excluding carboxylic acids is 1. The second-order valence-corrected chi connectivity index (χ2v) is 11.3. The quantitative estimate of drug-likeness (QED) is 0.436. The molecule has 1 aliphatic heterocycles. The Labute approximate surface area is 205 Å². The highest BCUT2D eigenvalue weighted by atomic mass is 32.1. The third-order valence-corrected chi connectivity index (χ3v) is 9.67. The van der Waals surface area contributed by atoms with Crippen molar-refractivity contribution in [3.8, 4) is 17.2 Å². The van der Waals surface area contributed by atoms with E-state index in [1.165, 1.54) is 11.3 Å². The fourth-order valence-corrected chi connectivity index (χ4v) is 7.17. The van der Waals surface area contributed by atoms with Crippen molar-refractivity contribution in [2.75, 3.05) is 19.2 Å². The number of anilines is 1. The van der Waals surface area contributed by atoms with Crippen LogP contribution in [0.1, 0.15) is 45.0 Å². The molecule has 1 N–H and O–H groups in total. The summed E-state index contributed by atoms with van der Waals surface area (Å²) in [6.45, 7) is 6.74. The summed E-state index contributed by atoms with van der Waals surface area (Å²) in [7, 11) is 1.64. The van der Waals surface area contributed by atoms with Crippen LogP contribution in [0.5, 0.6) is 17.2 Å². The number of methoxy groups -OCH3 is 1. The number of thiazole rings is 1. The molecule has 35 heavy (non-hydrogen) atoms. The van der Waals surface area contributed by atoms with Crippen LogP contribution in [0, 0.1) is 5.41 Å². The second kappa shape index (κ2) is 6.60. The molecule has 2 unspecified atom stereocenters. The number of ether oxygens (including phenoxy) is 3. The minimum Gasteiger partial charge on any atom is -0.497 e. The van der Waals surface area contributed by atoms with Crippen molar-refractivity contribution < 1.29 is 19.0 Å². The standard InChI is InChI=1S/C26H24N4O4S/c1-24(2)25(3)7-8-26(24,22(31)30-23-29-14-6-5-13(32-4)9-19(14)35-23)21-20(25)27-15-10-17-18(34-12-33-17)11-16(15)28-21/h5-6,9-11H,7-8,12H2,1-4H3,(H,29,30,31). The van der Waals surface area contributed by atoms with Gasteiger partial charge in [-0.3, -0.25) is 4.79 Å². The molecule has 1 amide bonds. The van der Waals surface area contributed by atoms with E-state index in [4.69, 9.17) is 24.2 Å². The third kappa shape index (κ3) is 2.46. The van der Waals surface area contributed by atoms with Crippen LogP contribution >= 0.6 is 11.3 Å². The number of nitrogens with one attached hydrogen (secondary N) is 1. The molecule has 1 saturated carbocycles. The number of aromatic nitrogens is 3. The Morgan fingerprint density at radius 1 is 0.971 bits per heavy atom. The van der Waals surface area contributed by atoms with Gasteiger partial charge in [0.2, 0.25) is 12.7 Å². The number of carbonyl (C=O) groups is 1. The predicted octanol–water partition coefficient (Wildman–Crippen LogP) is 4.94. The molecule has 3 heterocycles. The SMILES string of the molecule is COc1ccc2nc(NC(=O)C34CCC(C)(c5nc6cc7c(cc6nc53)OCO7)C4(C)C)sc2c1. The summed E-state index contributed by atoms with van der Waals surface area (Å²) in [6.07, 6.45) is 1.57. The van der Waals surface area contributed by atoms with Crippen LogP contribution in [0.25, 0.3) is 21.3 Å². The minimum atomic E-state index is -0.815. The van der Waals surface area contributed by atoms with Crippen molar-refractivity contribution in [3.05, 3.63) is 41.7 Å². The number of hydrogen-bond acceptors (Lipinski definition) is 8. The molecule has 9 heteroatoms. The summed E-state index contributed by atoms with van der Waals surface area (Å²) in [5.41, 5.74) is 2.48. The summed E-state index contributed by atoms with van der Waals surface area (Å²) in [5.74, 6) is 2.02. The van der Waals surface area contributed by atoms with Gasteiger partial charge in [-0.15, -0.1) is 0 Å². The number of nitrogens with zero attached hydrogens (tertiary/aromatic N) is 3. The molecule has 7 rings (SSSR count). The average Bonchev–Trinajstić information content (AvgIpc) is 3.54. The van der Waals surface area contributed by atoms with Crippen LogP contribution in [0.4, 0.5) is 5.13 Å². The smallest absolute Gasteiger partial charge is 0.239 e. The van der Waals surface area contributed by atoms with E-state index < -0.39 is 5.41 Å². The van der Waals surface area contributed by atoms with E-state index in [0.29, 0.717) is 28.6 Å². The maximum Gasteiger partial charge on any atom is 0.239 e. The molecule has 8 nitrogen and oxygen atoms in total. The first-order valence-corrected chi connectivity index (χ1v) is 12.5. The van der Waals surface area contributed by atoms with Crippen molar-refractivity contribution in [1.29, 1.82) is 0 Å². The number of rotatable bonds is 3. The van der Waals surface area contributed by atoms with Crippen LogP contribution in [0.3, 0.4) is 0 Å². The molecule has 0 radical (unpaired) electrons. The second-order valence-electron chi connectivity index (χ2n) is 10.3. The molecule has 2 atom stereocenters. The van der Waals surface area contributed by atoms with E-state index >= 15 is 0 Å². The lowest BCUT2D eigenvalue weighted by molar-refractivity contribution is -0.125. The molecule has 4 aromatic rings. The largest absolute Gasteiger partial charge is 0.497 e.